The van der Waals surface area contributed by atoms with Crippen LogP contribution in [0.3, 0.4) is 0 Å². The van der Waals surface area contributed by atoms with Crippen molar-refractivity contribution in [3.63, 3.8) is 0 Å². The van der Waals surface area contributed by atoms with Crippen LogP contribution in [0.25, 0.3) is 16.7 Å². The summed E-state index contributed by atoms with van der Waals surface area (Å²) in [6.45, 7) is 3.06. The van der Waals surface area contributed by atoms with Gasteiger partial charge in [0.2, 0.25) is 5.95 Å². The molecule has 3 aromatic heterocycles. The van der Waals surface area contributed by atoms with E-state index in [0.717, 1.165) is 18.7 Å². The van der Waals surface area contributed by atoms with Gasteiger partial charge in [-0.25, -0.2) is 9.20 Å². The van der Waals surface area contributed by atoms with Crippen LogP contribution in [-0.4, -0.2) is 69.8 Å². The Labute approximate surface area is 182 Å². The second-order valence-corrected chi connectivity index (χ2v) is 8.02. The van der Waals surface area contributed by atoms with E-state index in [9.17, 15) is 4.79 Å². The Bertz CT molecular complexity index is 1310. The number of aromatic nitrogens is 6. The fourth-order valence-corrected chi connectivity index (χ4v) is 3.85. The summed E-state index contributed by atoms with van der Waals surface area (Å²) >= 11 is 6.04. The van der Waals surface area contributed by atoms with Gasteiger partial charge < -0.3 is 14.5 Å². The van der Waals surface area contributed by atoms with Gasteiger partial charge in [-0.05, 0) is 17.7 Å². The topological polar surface area (TPSA) is 93.7 Å². The molecule has 5 rings (SSSR count). The number of hydrogen-bond donors (Lipinski definition) is 0. The first-order valence-electron chi connectivity index (χ1n) is 9.93. The minimum absolute atomic E-state index is 0.243. The van der Waals surface area contributed by atoms with Gasteiger partial charge in [-0.2, -0.15) is 0 Å². The molecular weight excluding hydrogens is 420 g/mol. The van der Waals surface area contributed by atoms with Gasteiger partial charge in [0, 0.05) is 38.3 Å². The summed E-state index contributed by atoms with van der Waals surface area (Å²) in [7, 11) is 3.63. The number of halogens is 1. The first kappa shape index (κ1) is 19.7. The first-order chi connectivity index (χ1) is 15.0. The molecule has 31 heavy (non-hydrogen) atoms. The lowest BCUT2D eigenvalue weighted by molar-refractivity contribution is 0.122. The van der Waals surface area contributed by atoms with E-state index in [1.807, 2.05) is 44.4 Å². The van der Waals surface area contributed by atoms with Crippen LogP contribution in [-0.2, 0) is 11.3 Å². The summed E-state index contributed by atoms with van der Waals surface area (Å²) in [5, 5.41) is 17.9. The Kier molecular flexibility index (Phi) is 4.95. The zero-order chi connectivity index (χ0) is 21.5. The van der Waals surface area contributed by atoms with Crippen molar-refractivity contribution in [2.75, 3.05) is 50.2 Å². The number of morpholine rings is 1. The normalized spacial score (nSPS) is 14.5. The third kappa shape index (κ3) is 3.47. The molecule has 10 nitrogen and oxygen atoms in total. The van der Waals surface area contributed by atoms with Crippen molar-refractivity contribution in [2.24, 2.45) is 0 Å². The predicted octanol–water partition coefficient (Wildman–Crippen LogP) is 1.44. The average Bonchev–Trinajstić information content (AvgIpc) is 3.24. The second-order valence-electron chi connectivity index (χ2n) is 7.58. The summed E-state index contributed by atoms with van der Waals surface area (Å²) in [6.07, 6.45) is 0. The first-order valence-corrected chi connectivity index (χ1v) is 10.3. The fourth-order valence-electron chi connectivity index (χ4n) is 3.73. The highest BCUT2D eigenvalue weighted by atomic mass is 35.5. The summed E-state index contributed by atoms with van der Waals surface area (Å²) in [5.74, 6) is 1.14. The molecule has 0 spiro atoms. The zero-order valence-corrected chi connectivity index (χ0v) is 18.0. The van der Waals surface area contributed by atoms with Crippen LogP contribution in [0.5, 0.6) is 0 Å². The molecule has 0 unspecified atom stereocenters. The number of fused-ring (bicyclic) bond motifs is 3. The van der Waals surface area contributed by atoms with Crippen molar-refractivity contribution in [1.82, 2.24) is 29.4 Å². The van der Waals surface area contributed by atoms with Gasteiger partial charge >= 0.3 is 5.69 Å². The monoisotopic (exact) mass is 440 g/mol. The molecule has 0 radical (unpaired) electrons. The van der Waals surface area contributed by atoms with Crippen molar-refractivity contribution < 1.29 is 4.74 Å². The molecular formula is C20H21ClN8O2. The molecule has 0 saturated carbocycles. The summed E-state index contributed by atoms with van der Waals surface area (Å²) in [4.78, 5) is 17.4. The van der Waals surface area contributed by atoms with Gasteiger partial charge in [0.15, 0.2) is 17.0 Å². The molecule has 1 fully saturated rings. The number of ether oxygens (including phenoxy) is 1. The van der Waals surface area contributed by atoms with Gasteiger partial charge in [-0.3, -0.25) is 4.57 Å². The standard InChI is InChI=1S/C20H21ClN8O2/c1-26(2)19-25-24-18-17-15(11-16(22-23-17)27-7-9-31-10-8-27)28(20(30)29(18)19)12-13-3-5-14(21)6-4-13/h3-6,11H,7-10,12H2,1-2H3. The molecule has 4 heterocycles. The van der Waals surface area contributed by atoms with E-state index >= 15 is 0 Å². The van der Waals surface area contributed by atoms with E-state index < -0.39 is 0 Å². The van der Waals surface area contributed by atoms with Gasteiger partial charge in [-0.1, -0.05) is 23.7 Å². The largest absolute Gasteiger partial charge is 0.378 e. The van der Waals surface area contributed by atoms with E-state index in [-0.39, 0.29) is 5.69 Å². The predicted molar refractivity (Wildman–Crippen MR) is 118 cm³/mol. The van der Waals surface area contributed by atoms with Gasteiger partial charge in [0.25, 0.3) is 0 Å². The Balaban J connectivity index is 1.75. The van der Waals surface area contributed by atoms with Gasteiger partial charge in [0.05, 0.1) is 25.3 Å². The van der Waals surface area contributed by atoms with Crippen LogP contribution in [0.2, 0.25) is 5.02 Å². The molecule has 0 N–H and O–H groups in total. The van der Waals surface area contributed by atoms with Gasteiger partial charge in [0.1, 0.15) is 0 Å². The highest BCUT2D eigenvalue weighted by Crippen LogP contribution is 2.23. The van der Waals surface area contributed by atoms with Crippen molar-refractivity contribution in [3.05, 3.63) is 51.4 Å². The summed E-state index contributed by atoms with van der Waals surface area (Å²) < 4.78 is 8.60. The van der Waals surface area contributed by atoms with Crippen LogP contribution in [0, 0.1) is 0 Å². The number of anilines is 2. The Morgan fingerprint density at radius 1 is 1.06 bits per heavy atom. The van der Waals surface area contributed by atoms with Crippen LogP contribution >= 0.6 is 11.6 Å². The highest BCUT2D eigenvalue weighted by molar-refractivity contribution is 6.30. The molecule has 0 aliphatic carbocycles. The second kappa shape index (κ2) is 7.78. The number of rotatable bonds is 4. The van der Waals surface area contributed by atoms with E-state index in [1.54, 1.807) is 9.47 Å². The van der Waals surface area contributed by atoms with Crippen LogP contribution in [0.15, 0.2) is 35.1 Å². The van der Waals surface area contributed by atoms with Gasteiger partial charge in [-0.15, -0.1) is 20.4 Å². The quantitative estimate of drug-likeness (QED) is 0.470. The third-order valence-electron chi connectivity index (χ3n) is 5.32. The maximum absolute atomic E-state index is 13.6. The smallest absolute Gasteiger partial charge is 0.337 e. The maximum Gasteiger partial charge on any atom is 0.337 e. The number of nitrogens with zero attached hydrogens (tertiary/aromatic N) is 8. The lowest BCUT2D eigenvalue weighted by Gasteiger charge is -2.27. The molecule has 1 aromatic carbocycles. The maximum atomic E-state index is 13.6. The minimum atomic E-state index is -0.243. The zero-order valence-electron chi connectivity index (χ0n) is 17.2. The molecule has 160 valence electrons. The van der Waals surface area contributed by atoms with E-state index in [1.165, 1.54) is 4.40 Å². The third-order valence-corrected chi connectivity index (χ3v) is 5.57. The van der Waals surface area contributed by atoms with Crippen molar-refractivity contribution in [1.29, 1.82) is 0 Å². The Morgan fingerprint density at radius 3 is 2.52 bits per heavy atom. The van der Waals surface area contributed by atoms with E-state index in [4.69, 9.17) is 16.3 Å². The van der Waals surface area contributed by atoms with Crippen molar-refractivity contribution >= 4 is 40.0 Å². The van der Waals surface area contributed by atoms with Crippen molar-refractivity contribution in [2.45, 2.75) is 6.54 Å². The van der Waals surface area contributed by atoms with Crippen molar-refractivity contribution in [3.8, 4) is 0 Å². The Hall–Kier alpha value is -3.24. The Morgan fingerprint density at radius 2 is 1.81 bits per heavy atom. The molecule has 11 heteroatoms. The summed E-state index contributed by atoms with van der Waals surface area (Å²) in [5.41, 5.74) is 2.26. The molecule has 1 saturated heterocycles. The lowest BCUT2D eigenvalue weighted by Crippen LogP contribution is -2.37. The van der Waals surface area contributed by atoms with Crippen LogP contribution < -0.4 is 15.5 Å². The fraction of sp³-hybridized carbons (Fsp3) is 0.350. The van der Waals surface area contributed by atoms with Crippen LogP contribution in [0.4, 0.5) is 11.8 Å². The SMILES string of the molecule is CN(C)c1nnc2c3nnc(N4CCOCC4)cc3n(Cc3ccc(Cl)cc3)c(=O)n12. The average molecular weight is 441 g/mol. The molecule has 0 amide bonds. The summed E-state index contributed by atoms with van der Waals surface area (Å²) in [6, 6.07) is 9.33. The molecule has 4 aromatic rings. The van der Waals surface area contributed by atoms with E-state index in [2.05, 4.69) is 25.3 Å². The van der Waals surface area contributed by atoms with Crippen LogP contribution in [0.1, 0.15) is 5.56 Å². The molecule has 0 bridgehead atoms. The van der Waals surface area contributed by atoms with E-state index in [0.29, 0.717) is 53.2 Å². The minimum Gasteiger partial charge on any atom is -0.378 e. The number of benzene rings is 1. The number of hydrogen-bond acceptors (Lipinski definition) is 8. The lowest BCUT2D eigenvalue weighted by atomic mass is 10.2. The molecule has 1 aliphatic rings. The highest BCUT2D eigenvalue weighted by Gasteiger charge is 2.21. The molecule has 0 atom stereocenters. The molecule has 1 aliphatic heterocycles.